The topological polar surface area (TPSA) is 54.0 Å². The smallest absolute Gasteiger partial charge is 0.337 e. The van der Waals surface area contributed by atoms with E-state index in [9.17, 15) is 4.79 Å². The van der Waals surface area contributed by atoms with Crippen molar-refractivity contribution in [1.82, 2.24) is 4.90 Å². The van der Waals surface area contributed by atoms with E-state index >= 15 is 0 Å². The second-order valence-corrected chi connectivity index (χ2v) is 7.85. The number of nitrogens with one attached hydrogen (secondary N) is 1. The van der Waals surface area contributed by atoms with Gasteiger partial charge in [0, 0.05) is 31.2 Å². The molecule has 6 nitrogen and oxygen atoms in total. The molecule has 7 heteroatoms. The first-order chi connectivity index (χ1) is 14.5. The van der Waals surface area contributed by atoms with E-state index in [1.165, 1.54) is 7.11 Å². The molecule has 1 saturated heterocycles. The molecule has 0 saturated carbocycles. The molecule has 0 aliphatic carbocycles. The molecule has 0 spiro atoms. The summed E-state index contributed by atoms with van der Waals surface area (Å²) in [5.41, 5.74) is 2.53. The van der Waals surface area contributed by atoms with Crippen molar-refractivity contribution in [1.29, 1.82) is 0 Å². The number of carbonyl (C=O) groups is 1. The molecule has 1 atom stereocenters. The van der Waals surface area contributed by atoms with Crippen LogP contribution in [0, 0.1) is 0 Å². The van der Waals surface area contributed by atoms with E-state index in [4.69, 9.17) is 21.1 Å². The number of nitrogens with zero attached hydrogens (tertiary/aromatic N) is 2. The highest BCUT2D eigenvalue weighted by Gasteiger charge is 2.20. The van der Waals surface area contributed by atoms with Gasteiger partial charge in [-0.2, -0.15) is 0 Å². The van der Waals surface area contributed by atoms with Crippen LogP contribution in [-0.4, -0.2) is 63.4 Å². The summed E-state index contributed by atoms with van der Waals surface area (Å²) >= 11 is 6.04. The van der Waals surface area contributed by atoms with Gasteiger partial charge >= 0.3 is 5.97 Å². The molecule has 3 rings (SSSR count). The second kappa shape index (κ2) is 10.5. The van der Waals surface area contributed by atoms with Gasteiger partial charge in [0.1, 0.15) is 11.9 Å². The third-order valence-corrected chi connectivity index (χ3v) is 5.53. The molecule has 162 valence electrons. The van der Waals surface area contributed by atoms with Crippen molar-refractivity contribution >= 4 is 28.9 Å². The largest absolute Gasteiger partial charge is 0.489 e. The van der Waals surface area contributed by atoms with Gasteiger partial charge in [0.15, 0.2) is 0 Å². The number of esters is 1. The SMILES string of the molecule is CCN1CCN(c2ccc(C(=O)OC)cc2NCC(C)Oc2cccc(Cl)c2)CC1. The van der Waals surface area contributed by atoms with Crippen molar-refractivity contribution in [3.63, 3.8) is 0 Å². The van der Waals surface area contributed by atoms with Gasteiger partial charge in [-0.15, -0.1) is 0 Å². The summed E-state index contributed by atoms with van der Waals surface area (Å²) < 4.78 is 10.9. The van der Waals surface area contributed by atoms with E-state index < -0.39 is 0 Å². The van der Waals surface area contributed by atoms with Gasteiger partial charge in [-0.1, -0.05) is 24.6 Å². The number of hydrogen-bond acceptors (Lipinski definition) is 6. The highest BCUT2D eigenvalue weighted by molar-refractivity contribution is 6.30. The molecular weight excluding hydrogens is 402 g/mol. The van der Waals surface area contributed by atoms with Crippen LogP contribution in [0.25, 0.3) is 0 Å². The number of likely N-dealkylation sites (N-methyl/N-ethyl adjacent to an activating group) is 1. The van der Waals surface area contributed by atoms with Gasteiger partial charge in [0.05, 0.1) is 30.6 Å². The number of rotatable bonds is 8. The van der Waals surface area contributed by atoms with Gasteiger partial charge in [-0.3, -0.25) is 0 Å². The molecule has 0 aromatic heterocycles. The fourth-order valence-electron chi connectivity index (χ4n) is 3.57. The van der Waals surface area contributed by atoms with Crippen LogP contribution in [0.5, 0.6) is 5.75 Å². The molecule has 2 aromatic carbocycles. The second-order valence-electron chi connectivity index (χ2n) is 7.41. The number of ether oxygens (including phenoxy) is 2. The Balaban J connectivity index is 1.72. The molecule has 1 aliphatic heterocycles. The molecule has 1 N–H and O–H groups in total. The Morgan fingerprint density at radius 2 is 1.93 bits per heavy atom. The van der Waals surface area contributed by atoms with Crippen molar-refractivity contribution in [2.75, 3.05) is 56.6 Å². The summed E-state index contributed by atoms with van der Waals surface area (Å²) in [5.74, 6) is 0.389. The van der Waals surface area contributed by atoms with Crippen molar-refractivity contribution < 1.29 is 14.3 Å². The maximum Gasteiger partial charge on any atom is 0.337 e. The van der Waals surface area contributed by atoms with Gasteiger partial charge in [0.25, 0.3) is 0 Å². The monoisotopic (exact) mass is 431 g/mol. The van der Waals surface area contributed by atoms with E-state index in [0.717, 1.165) is 49.8 Å². The molecule has 2 aromatic rings. The summed E-state index contributed by atoms with van der Waals surface area (Å²) in [7, 11) is 1.40. The van der Waals surface area contributed by atoms with Crippen LogP contribution in [0.15, 0.2) is 42.5 Å². The van der Waals surface area contributed by atoms with Crippen LogP contribution in [-0.2, 0) is 4.74 Å². The van der Waals surface area contributed by atoms with Crippen molar-refractivity contribution in [3.05, 3.63) is 53.1 Å². The van der Waals surface area contributed by atoms with Crippen LogP contribution in [0.2, 0.25) is 5.02 Å². The van der Waals surface area contributed by atoms with Gasteiger partial charge in [-0.25, -0.2) is 4.79 Å². The lowest BCUT2D eigenvalue weighted by atomic mass is 10.1. The van der Waals surface area contributed by atoms with Crippen LogP contribution < -0.4 is 15.0 Å². The standard InChI is InChI=1S/C23H30ClN3O3/c1-4-26-10-12-27(13-11-26)22-9-8-18(23(28)29-3)14-21(22)25-16-17(2)30-20-7-5-6-19(24)15-20/h5-9,14-15,17,25H,4,10-13,16H2,1-3H3. The summed E-state index contributed by atoms with van der Waals surface area (Å²) in [4.78, 5) is 16.8. The summed E-state index contributed by atoms with van der Waals surface area (Å²) in [6.45, 7) is 9.81. The normalized spacial score (nSPS) is 15.5. The summed E-state index contributed by atoms with van der Waals surface area (Å²) in [6, 6.07) is 13.1. The van der Waals surface area contributed by atoms with Crippen LogP contribution in [0.4, 0.5) is 11.4 Å². The van der Waals surface area contributed by atoms with E-state index in [0.29, 0.717) is 17.1 Å². The van der Waals surface area contributed by atoms with Gasteiger partial charge in [-0.05, 0) is 49.9 Å². The van der Waals surface area contributed by atoms with E-state index in [-0.39, 0.29) is 12.1 Å². The van der Waals surface area contributed by atoms with Gasteiger partial charge in [0.2, 0.25) is 0 Å². The molecule has 30 heavy (non-hydrogen) atoms. The highest BCUT2D eigenvalue weighted by atomic mass is 35.5. The Bertz CT molecular complexity index is 853. The molecular formula is C23H30ClN3O3. The Labute approximate surface area is 183 Å². The fraction of sp³-hybridized carbons (Fsp3) is 0.435. The summed E-state index contributed by atoms with van der Waals surface area (Å²) in [5, 5.41) is 4.11. The average molecular weight is 432 g/mol. The molecule has 0 radical (unpaired) electrons. The highest BCUT2D eigenvalue weighted by Crippen LogP contribution is 2.29. The molecule has 0 bridgehead atoms. The molecule has 1 unspecified atom stereocenters. The van der Waals surface area contributed by atoms with E-state index in [1.54, 1.807) is 6.07 Å². The lowest BCUT2D eigenvalue weighted by Gasteiger charge is -2.36. The van der Waals surface area contributed by atoms with Crippen LogP contribution in [0.1, 0.15) is 24.2 Å². The lowest BCUT2D eigenvalue weighted by molar-refractivity contribution is 0.0601. The van der Waals surface area contributed by atoms with Crippen LogP contribution >= 0.6 is 11.6 Å². The van der Waals surface area contributed by atoms with E-state index in [2.05, 4.69) is 22.0 Å². The Morgan fingerprint density at radius 1 is 1.17 bits per heavy atom. The number of benzene rings is 2. The maximum atomic E-state index is 12.0. The zero-order chi connectivity index (χ0) is 21.5. The maximum absolute atomic E-state index is 12.0. The quantitative estimate of drug-likeness (QED) is 0.634. The predicted molar refractivity (Wildman–Crippen MR) is 122 cm³/mol. The number of anilines is 2. The van der Waals surface area contributed by atoms with Crippen LogP contribution in [0.3, 0.4) is 0 Å². The van der Waals surface area contributed by atoms with Crippen molar-refractivity contribution in [3.8, 4) is 5.75 Å². The number of halogens is 1. The number of methoxy groups -OCH3 is 1. The van der Waals surface area contributed by atoms with Gasteiger partial charge < -0.3 is 24.6 Å². The molecule has 1 heterocycles. The predicted octanol–water partition coefficient (Wildman–Crippen LogP) is 4.15. The molecule has 0 amide bonds. The van der Waals surface area contributed by atoms with Crippen molar-refractivity contribution in [2.45, 2.75) is 20.0 Å². The lowest BCUT2D eigenvalue weighted by Crippen LogP contribution is -2.46. The fourth-order valence-corrected chi connectivity index (χ4v) is 3.75. The first kappa shape index (κ1) is 22.2. The first-order valence-corrected chi connectivity index (χ1v) is 10.7. The minimum absolute atomic E-state index is 0.0879. The Kier molecular flexibility index (Phi) is 7.82. The number of carbonyl (C=O) groups excluding carboxylic acids is 1. The third kappa shape index (κ3) is 5.80. The first-order valence-electron chi connectivity index (χ1n) is 10.4. The minimum Gasteiger partial charge on any atom is -0.489 e. The third-order valence-electron chi connectivity index (χ3n) is 5.29. The minimum atomic E-state index is -0.344. The number of piperazine rings is 1. The Hall–Kier alpha value is -2.44. The molecule has 1 fully saturated rings. The number of hydrogen-bond donors (Lipinski definition) is 1. The van der Waals surface area contributed by atoms with E-state index in [1.807, 2.05) is 43.3 Å². The Morgan fingerprint density at radius 3 is 2.60 bits per heavy atom. The molecule has 1 aliphatic rings. The average Bonchev–Trinajstić information content (AvgIpc) is 2.77. The van der Waals surface area contributed by atoms with Crippen molar-refractivity contribution in [2.24, 2.45) is 0 Å². The summed E-state index contributed by atoms with van der Waals surface area (Å²) in [6.07, 6.45) is -0.0879. The zero-order valence-corrected chi connectivity index (χ0v) is 18.6. The zero-order valence-electron chi connectivity index (χ0n) is 17.9.